The number of rotatable bonds is 1. The van der Waals surface area contributed by atoms with Gasteiger partial charge in [-0.15, -0.1) is 0 Å². The van der Waals surface area contributed by atoms with E-state index in [1.165, 1.54) is 5.69 Å². The second kappa shape index (κ2) is 4.46. The molecule has 4 nitrogen and oxygen atoms in total. The quantitative estimate of drug-likeness (QED) is 0.749. The van der Waals surface area contributed by atoms with Gasteiger partial charge in [0, 0.05) is 30.4 Å². The molecule has 0 spiro atoms. The number of piperidine rings is 1. The Morgan fingerprint density at radius 2 is 2.00 bits per heavy atom. The third-order valence-electron chi connectivity index (χ3n) is 3.58. The summed E-state index contributed by atoms with van der Waals surface area (Å²) in [6.07, 6.45) is 3.30. The van der Waals surface area contributed by atoms with Gasteiger partial charge in [-0.25, -0.2) is 0 Å². The van der Waals surface area contributed by atoms with Gasteiger partial charge in [0.2, 0.25) is 0 Å². The number of nitrogen functional groups attached to an aromatic ring is 1. The topological polar surface area (TPSA) is 62.4 Å². The molecular weight excluding hydrogens is 226 g/mol. The summed E-state index contributed by atoms with van der Waals surface area (Å²) in [5, 5.41) is 10.7. The van der Waals surface area contributed by atoms with Crippen molar-refractivity contribution in [1.29, 1.82) is 0 Å². The average Bonchev–Trinajstić information content (AvgIpc) is 2.40. The number of pyridine rings is 1. The Morgan fingerprint density at radius 1 is 1.22 bits per heavy atom. The molecule has 1 aliphatic heterocycles. The predicted molar refractivity (Wildman–Crippen MR) is 73.6 cm³/mol. The molecular formula is C14H17N3O. The Hall–Kier alpha value is -1.81. The first-order valence-corrected chi connectivity index (χ1v) is 6.32. The van der Waals surface area contributed by atoms with Crippen molar-refractivity contribution in [2.45, 2.75) is 18.9 Å². The standard InChI is InChI=1S/C14H17N3O/c15-12-3-1-2-11-13(4-7-16-14(11)12)17-8-5-10(18)6-9-17/h1-4,7,10,18H,5-6,8-9,15H2. The summed E-state index contributed by atoms with van der Waals surface area (Å²) >= 11 is 0. The molecule has 0 amide bonds. The van der Waals surface area contributed by atoms with Crippen molar-refractivity contribution in [3.05, 3.63) is 30.5 Å². The zero-order valence-electron chi connectivity index (χ0n) is 10.2. The highest BCUT2D eigenvalue weighted by Crippen LogP contribution is 2.30. The molecule has 2 aromatic rings. The number of aliphatic hydroxyl groups is 1. The number of hydrogen-bond acceptors (Lipinski definition) is 4. The van der Waals surface area contributed by atoms with Gasteiger partial charge in [0.25, 0.3) is 0 Å². The van der Waals surface area contributed by atoms with Crippen molar-refractivity contribution in [2.75, 3.05) is 23.7 Å². The van der Waals surface area contributed by atoms with Gasteiger partial charge < -0.3 is 15.7 Å². The lowest BCUT2D eigenvalue weighted by Crippen LogP contribution is -2.35. The molecule has 2 heterocycles. The molecule has 0 unspecified atom stereocenters. The average molecular weight is 243 g/mol. The summed E-state index contributed by atoms with van der Waals surface area (Å²) in [5.74, 6) is 0. The zero-order chi connectivity index (χ0) is 12.5. The van der Waals surface area contributed by atoms with Crippen molar-refractivity contribution in [3.63, 3.8) is 0 Å². The Labute approximate surface area is 106 Å². The van der Waals surface area contributed by atoms with Gasteiger partial charge in [-0.05, 0) is 25.0 Å². The van der Waals surface area contributed by atoms with Gasteiger partial charge in [-0.1, -0.05) is 12.1 Å². The van der Waals surface area contributed by atoms with E-state index in [-0.39, 0.29) is 6.10 Å². The first-order valence-electron chi connectivity index (χ1n) is 6.32. The molecule has 0 saturated carbocycles. The fourth-order valence-corrected chi connectivity index (χ4v) is 2.57. The normalized spacial score (nSPS) is 17.3. The van der Waals surface area contributed by atoms with Crippen molar-refractivity contribution < 1.29 is 5.11 Å². The third-order valence-corrected chi connectivity index (χ3v) is 3.58. The van der Waals surface area contributed by atoms with Crippen molar-refractivity contribution in [3.8, 4) is 0 Å². The van der Waals surface area contributed by atoms with E-state index in [1.54, 1.807) is 6.20 Å². The lowest BCUT2D eigenvalue weighted by molar-refractivity contribution is 0.145. The fraction of sp³-hybridized carbons (Fsp3) is 0.357. The third kappa shape index (κ3) is 1.88. The van der Waals surface area contributed by atoms with E-state index in [9.17, 15) is 5.11 Å². The molecule has 0 atom stereocenters. The molecule has 1 saturated heterocycles. The van der Waals surface area contributed by atoms with Crippen LogP contribution < -0.4 is 10.6 Å². The Morgan fingerprint density at radius 3 is 2.78 bits per heavy atom. The highest BCUT2D eigenvalue weighted by Gasteiger charge is 2.19. The van der Waals surface area contributed by atoms with Crippen molar-refractivity contribution in [1.82, 2.24) is 4.98 Å². The van der Waals surface area contributed by atoms with Gasteiger partial charge in [-0.3, -0.25) is 4.98 Å². The van der Waals surface area contributed by atoms with Gasteiger partial charge in [0.15, 0.2) is 0 Å². The molecule has 4 heteroatoms. The predicted octanol–water partition coefficient (Wildman–Crippen LogP) is 1.78. The molecule has 1 aliphatic rings. The minimum Gasteiger partial charge on any atom is -0.397 e. The van der Waals surface area contributed by atoms with Crippen LogP contribution in [0.25, 0.3) is 10.9 Å². The Bertz CT molecular complexity index is 562. The number of benzene rings is 1. The van der Waals surface area contributed by atoms with Crippen molar-refractivity contribution >= 4 is 22.3 Å². The van der Waals surface area contributed by atoms with E-state index in [4.69, 9.17) is 5.73 Å². The minimum atomic E-state index is -0.153. The van der Waals surface area contributed by atoms with Gasteiger partial charge >= 0.3 is 0 Å². The number of para-hydroxylation sites is 1. The molecule has 0 radical (unpaired) electrons. The van der Waals surface area contributed by atoms with Crippen LogP contribution >= 0.6 is 0 Å². The maximum absolute atomic E-state index is 9.57. The largest absolute Gasteiger partial charge is 0.397 e. The number of hydrogen-bond donors (Lipinski definition) is 2. The molecule has 94 valence electrons. The maximum atomic E-state index is 9.57. The van der Waals surface area contributed by atoms with E-state index in [0.717, 1.165) is 36.8 Å². The van der Waals surface area contributed by atoms with Crippen LogP contribution in [0.5, 0.6) is 0 Å². The molecule has 1 aromatic heterocycles. The minimum absolute atomic E-state index is 0.153. The van der Waals surface area contributed by atoms with Crippen LogP contribution in [0.2, 0.25) is 0 Å². The molecule has 1 fully saturated rings. The van der Waals surface area contributed by atoms with Gasteiger partial charge in [-0.2, -0.15) is 0 Å². The monoisotopic (exact) mass is 243 g/mol. The van der Waals surface area contributed by atoms with E-state index >= 15 is 0 Å². The number of anilines is 2. The lowest BCUT2D eigenvalue weighted by atomic mass is 10.1. The van der Waals surface area contributed by atoms with E-state index in [1.807, 2.05) is 18.2 Å². The van der Waals surface area contributed by atoms with E-state index in [2.05, 4.69) is 16.0 Å². The molecule has 1 aromatic carbocycles. The highest BCUT2D eigenvalue weighted by atomic mass is 16.3. The number of aromatic nitrogens is 1. The van der Waals surface area contributed by atoms with Crippen LogP contribution in [-0.2, 0) is 0 Å². The summed E-state index contributed by atoms with van der Waals surface area (Å²) in [5.41, 5.74) is 8.70. The van der Waals surface area contributed by atoms with Crippen LogP contribution in [0.4, 0.5) is 11.4 Å². The fourth-order valence-electron chi connectivity index (χ4n) is 2.57. The van der Waals surface area contributed by atoms with Crippen LogP contribution in [-0.4, -0.2) is 29.3 Å². The zero-order valence-corrected chi connectivity index (χ0v) is 10.2. The summed E-state index contributed by atoms with van der Waals surface area (Å²) < 4.78 is 0. The second-order valence-electron chi connectivity index (χ2n) is 4.79. The number of nitrogens with zero attached hydrogens (tertiary/aromatic N) is 2. The Kier molecular flexibility index (Phi) is 2.80. The van der Waals surface area contributed by atoms with E-state index in [0.29, 0.717) is 5.69 Å². The molecule has 0 aliphatic carbocycles. The highest BCUT2D eigenvalue weighted by molar-refractivity contribution is 5.98. The summed E-state index contributed by atoms with van der Waals surface area (Å²) in [6.45, 7) is 1.77. The van der Waals surface area contributed by atoms with Gasteiger partial charge in [0.05, 0.1) is 17.3 Å². The van der Waals surface area contributed by atoms with Gasteiger partial charge in [0.1, 0.15) is 0 Å². The number of fused-ring (bicyclic) bond motifs is 1. The second-order valence-corrected chi connectivity index (χ2v) is 4.79. The maximum Gasteiger partial charge on any atom is 0.0951 e. The van der Waals surface area contributed by atoms with E-state index < -0.39 is 0 Å². The smallest absolute Gasteiger partial charge is 0.0951 e. The Balaban J connectivity index is 2.04. The molecule has 3 rings (SSSR count). The van der Waals surface area contributed by atoms with Crippen LogP contribution in [0.15, 0.2) is 30.5 Å². The van der Waals surface area contributed by atoms with Crippen LogP contribution in [0, 0.1) is 0 Å². The first-order chi connectivity index (χ1) is 8.75. The number of nitrogens with two attached hydrogens (primary N) is 1. The van der Waals surface area contributed by atoms with Crippen molar-refractivity contribution in [2.24, 2.45) is 0 Å². The summed E-state index contributed by atoms with van der Waals surface area (Å²) in [4.78, 5) is 6.65. The molecule has 3 N–H and O–H groups in total. The first kappa shape index (κ1) is 11.3. The van der Waals surface area contributed by atoms with Crippen LogP contribution in [0.1, 0.15) is 12.8 Å². The summed E-state index contributed by atoms with van der Waals surface area (Å²) in [6, 6.07) is 7.92. The molecule has 0 bridgehead atoms. The van der Waals surface area contributed by atoms with Crippen LogP contribution in [0.3, 0.4) is 0 Å². The SMILES string of the molecule is Nc1cccc2c(N3CCC(O)CC3)ccnc12. The molecule has 18 heavy (non-hydrogen) atoms. The summed E-state index contributed by atoms with van der Waals surface area (Å²) in [7, 11) is 0. The number of aliphatic hydroxyl groups excluding tert-OH is 1. The lowest BCUT2D eigenvalue weighted by Gasteiger charge is -2.32.